The largest absolute Gasteiger partial charge is 0.496 e. The molecule has 0 unspecified atom stereocenters. The third kappa shape index (κ3) is 4.34. The number of hydrogen-bond acceptors (Lipinski definition) is 4. The summed E-state index contributed by atoms with van der Waals surface area (Å²) < 4.78 is 5.65. The van der Waals surface area contributed by atoms with Crippen molar-refractivity contribution in [2.45, 2.75) is 43.7 Å². The van der Waals surface area contributed by atoms with E-state index in [-0.39, 0.29) is 24.4 Å². The van der Waals surface area contributed by atoms with Crippen LogP contribution >= 0.6 is 11.6 Å². The van der Waals surface area contributed by atoms with Gasteiger partial charge in [-0.1, -0.05) is 42.6 Å². The minimum Gasteiger partial charge on any atom is -0.496 e. The topological polar surface area (TPSA) is 61.8 Å². The zero-order chi connectivity index (χ0) is 21.1. The van der Waals surface area contributed by atoms with Gasteiger partial charge in [-0.15, -0.1) is 0 Å². The standard InChI is InChI=1S/C24H29ClN2O3/c1-30-21-8-3-2-6-19(21)23-20-7-4-5-13-24(20,29)14-15-27(23)16-22(28)26-18-11-9-17(25)10-12-18/h2-3,6,8-12,20,23,29H,4-5,7,13-16H2,1H3,(H,26,28)/t20-,23-,24-/m1/s1. The van der Waals surface area contributed by atoms with E-state index in [0.29, 0.717) is 18.0 Å². The number of anilines is 1. The molecule has 1 aliphatic heterocycles. The molecular formula is C24H29ClN2O3. The monoisotopic (exact) mass is 428 g/mol. The molecule has 5 nitrogen and oxygen atoms in total. The summed E-state index contributed by atoms with van der Waals surface area (Å²) in [5.74, 6) is 0.818. The smallest absolute Gasteiger partial charge is 0.238 e. The fourth-order valence-corrected chi connectivity index (χ4v) is 5.29. The molecule has 1 heterocycles. The molecular weight excluding hydrogens is 400 g/mol. The summed E-state index contributed by atoms with van der Waals surface area (Å²) in [6, 6.07) is 15.0. The molecule has 2 aromatic rings. The van der Waals surface area contributed by atoms with E-state index in [4.69, 9.17) is 16.3 Å². The van der Waals surface area contributed by atoms with Crippen molar-refractivity contribution in [1.29, 1.82) is 0 Å². The van der Waals surface area contributed by atoms with Crippen LogP contribution in [0.3, 0.4) is 0 Å². The number of methoxy groups -OCH3 is 1. The van der Waals surface area contributed by atoms with Crippen LogP contribution in [0.25, 0.3) is 0 Å². The van der Waals surface area contributed by atoms with E-state index in [1.807, 2.05) is 18.2 Å². The summed E-state index contributed by atoms with van der Waals surface area (Å²) in [5.41, 5.74) is 1.10. The van der Waals surface area contributed by atoms with Gasteiger partial charge in [0, 0.05) is 34.8 Å². The molecule has 4 rings (SSSR count). The van der Waals surface area contributed by atoms with Gasteiger partial charge in [0.25, 0.3) is 0 Å². The van der Waals surface area contributed by atoms with E-state index in [2.05, 4.69) is 16.3 Å². The maximum atomic E-state index is 12.9. The Labute approximate surface area is 183 Å². The number of nitrogens with one attached hydrogen (secondary N) is 1. The van der Waals surface area contributed by atoms with E-state index < -0.39 is 5.60 Å². The highest BCUT2D eigenvalue weighted by atomic mass is 35.5. The Bertz CT molecular complexity index is 888. The molecule has 3 atom stereocenters. The second kappa shape index (κ2) is 8.96. The van der Waals surface area contributed by atoms with Crippen LogP contribution in [-0.2, 0) is 4.79 Å². The summed E-state index contributed by atoms with van der Waals surface area (Å²) in [4.78, 5) is 15.1. The number of carbonyl (C=O) groups is 1. The first-order valence-electron chi connectivity index (χ1n) is 10.6. The molecule has 2 aliphatic rings. The summed E-state index contributed by atoms with van der Waals surface area (Å²) in [6.07, 6.45) is 4.63. The van der Waals surface area contributed by atoms with Crippen molar-refractivity contribution >= 4 is 23.2 Å². The predicted molar refractivity (Wildman–Crippen MR) is 119 cm³/mol. The molecule has 30 heavy (non-hydrogen) atoms. The van der Waals surface area contributed by atoms with Crippen LogP contribution in [-0.4, -0.2) is 41.7 Å². The molecule has 0 radical (unpaired) electrons. The molecule has 0 aromatic heterocycles. The number of fused-ring (bicyclic) bond motifs is 1. The molecule has 1 saturated carbocycles. The number of amides is 1. The van der Waals surface area contributed by atoms with Gasteiger partial charge in [0.2, 0.25) is 5.91 Å². The van der Waals surface area contributed by atoms with Crippen molar-refractivity contribution in [3.05, 3.63) is 59.1 Å². The lowest BCUT2D eigenvalue weighted by Crippen LogP contribution is -2.56. The van der Waals surface area contributed by atoms with Gasteiger partial charge in [0.1, 0.15) is 5.75 Å². The second-order valence-corrected chi connectivity index (χ2v) is 8.85. The minimum atomic E-state index is -0.674. The van der Waals surface area contributed by atoms with Crippen LogP contribution < -0.4 is 10.1 Å². The fraction of sp³-hybridized carbons (Fsp3) is 0.458. The van der Waals surface area contributed by atoms with Crippen LogP contribution in [0, 0.1) is 5.92 Å². The van der Waals surface area contributed by atoms with Gasteiger partial charge in [-0.3, -0.25) is 9.69 Å². The van der Waals surface area contributed by atoms with Gasteiger partial charge in [-0.2, -0.15) is 0 Å². The summed E-state index contributed by atoms with van der Waals surface area (Å²) >= 11 is 5.94. The van der Waals surface area contributed by atoms with E-state index in [1.54, 1.807) is 31.4 Å². The molecule has 2 aromatic carbocycles. The highest BCUT2D eigenvalue weighted by molar-refractivity contribution is 6.30. The molecule has 6 heteroatoms. The van der Waals surface area contributed by atoms with Crippen molar-refractivity contribution < 1.29 is 14.6 Å². The van der Waals surface area contributed by atoms with Gasteiger partial charge < -0.3 is 15.2 Å². The second-order valence-electron chi connectivity index (χ2n) is 8.42. The molecule has 160 valence electrons. The van der Waals surface area contributed by atoms with Crippen LogP contribution in [0.5, 0.6) is 5.75 Å². The number of likely N-dealkylation sites (tertiary alicyclic amines) is 1. The van der Waals surface area contributed by atoms with E-state index in [1.165, 1.54) is 0 Å². The molecule has 1 saturated heterocycles. The number of halogens is 1. The van der Waals surface area contributed by atoms with Gasteiger partial charge in [-0.25, -0.2) is 0 Å². The lowest BCUT2D eigenvalue weighted by molar-refractivity contribution is -0.135. The van der Waals surface area contributed by atoms with E-state index >= 15 is 0 Å². The molecule has 2 N–H and O–H groups in total. The minimum absolute atomic E-state index is 0.0591. The molecule has 0 spiro atoms. The SMILES string of the molecule is COc1ccccc1[C@@H]1[C@H]2CCCC[C@@]2(O)CCN1CC(=O)Nc1ccc(Cl)cc1. The highest BCUT2D eigenvalue weighted by Gasteiger charge is 2.49. The maximum Gasteiger partial charge on any atom is 0.238 e. The number of ether oxygens (including phenoxy) is 1. The van der Waals surface area contributed by atoms with Crippen LogP contribution in [0.4, 0.5) is 5.69 Å². The Morgan fingerprint density at radius 3 is 2.73 bits per heavy atom. The van der Waals surface area contributed by atoms with E-state index in [9.17, 15) is 9.90 Å². The predicted octanol–water partition coefficient (Wildman–Crippen LogP) is 4.66. The van der Waals surface area contributed by atoms with Gasteiger partial charge >= 0.3 is 0 Å². The zero-order valence-corrected chi connectivity index (χ0v) is 18.1. The van der Waals surface area contributed by atoms with Crippen LogP contribution in [0.15, 0.2) is 48.5 Å². The number of piperidine rings is 1. The quantitative estimate of drug-likeness (QED) is 0.727. The third-order valence-electron chi connectivity index (χ3n) is 6.60. The van der Waals surface area contributed by atoms with Crippen LogP contribution in [0.2, 0.25) is 5.02 Å². The van der Waals surface area contributed by atoms with Crippen molar-refractivity contribution in [3.8, 4) is 5.75 Å². The number of rotatable bonds is 5. The number of aliphatic hydroxyl groups is 1. The Balaban J connectivity index is 1.60. The average Bonchev–Trinajstić information content (AvgIpc) is 2.75. The number of nitrogens with zero attached hydrogens (tertiary/aromatic N) is 1. The normalized spacial score (nSPS) is 26.6. The highest BCUT2D eigenvalue weighted by Crippen LogP contribution is 2.50. The summed E-state index contributed by atoms with van der Waals surface area (Å²) in [6.45, 7) is 0.932. The first-order chi connectivity index (χ1) is 14.5. The Morgan fingerprint density at radius 2 is 1.97 bits per heavy atom. The lowest BCUT2D eigenvalue weighted by Gasteiger charge is -2.52. The van der Waals surface area contributed by atoms with Gasteiger partial charge in [0.15, 0.2) is 0 Å². The number of hydrogen-bond donors (Lipinski definition) is 2. The van der Waals surface area contributed by atoms with Gasteiger partial charge in [0.05, 0.1) is 19.3 Å². The number of benzene rings is 2. The van der Waals surface area contributed by atoms with Crippen molar-refractivity contribution in [2.75, 3.05) is 25.5 Å². The van der Waals surface area contributed by atoms with Crippen LogP contribution in [0.1, 0.15) is 43.7 Å². The molecule has 1 amide bonds. The fourth-order valence-electron chi connectivity index (χ4n) is 5.16. The van der Waals surface area contributed by atoms with Crippen molar-refractivity contribution in [1.82, 2.24) is 4.90 Å². The third-order valence-corrected chi connectivity index (χ3v) is 6.86. The maximum absolute atomic E-state index is 12.9. The zero-order valence-electron chi connectivity index (χ0n) is 17.3. The summed E-state index contributed by atoms with van der Waals surface area (Å²) in [5, 5.41) is 15.0. The molecule has 2 fully saturated rings. The van der Waals surface area contributed by atoms with Crippen molar-refractivity contribution in [2.24, 2.45) is 5.92 Å². The first kappa shape index (κ1) is 21.2. The number of para-hydroxylation sites is 1. The average molecular weight is 429 g/mol. The van der Waals surface area contributed by atoms with Gasteiger partial charge in [-0.05, 0) is 49.6 Å². The number of carbonyl (C=O) groups excluding carboxylic acids is 1. The molecule has 0 bridgehead atoms. The van der Waals surface area contributed by atoms with Crippen molar-refractivity contribution in [3.63, 3.8) is 0 Å². The lowest BCUT2D eigenvalue weighted by atomic mass is 9.66. The Hall–Kier alpha value is -2.08. The molecule has 1 aliphatic carbocycles. The first-order valence-corrected chi connectivity index (χ1v) is 11.0. The Morgan fingerprint density at radius 1 is 1.20 bits per heavy atom. The Kier molecular flexibility index (Phi) is 6.32. The summed E-state index contributed by atoms with van der Waals surface area (Å²) in [7, 11) is 1.67. The van der Waals surface area contributed by atoms with E-state index in [0.717, 1.165) is 42.7 Å².